The number of hydrogen-bond donors (Lipinski definition) is 2. The normalized spacial score (nSPS) is 30.4. The number of quaternary nitrogens is 1. The van der Waals surface area contributed by atoms with Crippen LogP contribution in [0.5, 0.6) is 0 Å². The highest BCUT2D eigenvalue weighted by molar-refractivity contribution is 6.47. The van der Waals surface area contributed by atoms with Crippen LogP contribution in [0.2, 0.25) is 0 Å². The van der Waals surface area contributed by atoms with Gasteiger partial charge in [-0.15, -0.1) is 0 Å². The largest absolute Gasteiger partial charge is 0.478 e. The number of carboxylic acids is 1. The fourth-order valence-electron chi connectivity index (χ4n) is 7.62. The number of carbonyl (C=O) groups excluding carboxylic acids is 1. The van der Waals surface area contributed by atoms with Gasteiger partial charge in [-0.1, -0.05) is 56.4 Å². The third-order valence-corrected chi connectivity index (χ3v) is 9.37. The first-order valence-electron chi connectivity index (χ1n) is 13.9. The van der Waals surface area contributed by atoms with Crippen LogP contribution in [0.3, 0.4) is 0 Å². The van der Waals surface area contributed by atoms with E-state index in [1.165, 1.54) is 51.4 Å². The number of fused-ring (bicyclic) bond motifs is 3. The van der Waals surface area contributed by atoms with E-state index in [0.29, 0.717) is 23.8 Å². The lowest BCUT2D eigenvalue weighted by molar-refractivity contribution is -0.124. The third kappa shape index (κ3) is 4.09. The van der Waals surface area contributed by atoms with E-state index < -0.39 is 5.97 Å². The quantitative estimate of drug-likeness (QED) is 0.524. The van der Waals surface area contributed by atoms with Crippen molar-refractivity contribution in [1.82, 2.24) is 9.38 Å². The lowest BCUT2D eigenvalue weighted by Gasteiger charge is -2.43. The molecule has 0 radical (unpaired) electrons. The Labute approximate surface area is 218 Å². The van der Waals surface area contributed by atoms with Crippen molar-refractivity contribution >= 4 is 34.8 Å². The van der Waals surface area contributed by atoms with Crippen molar-refractivity contribution in [2.24, 2.45) is 4.99 Å². The van der Waals surface area contributed by atoms with E-state index in [0.717, 1.165) is 24.2 Å². The Morgan fingerprint density at radius 1 is 0.946 bits per heavy atom. The third-order valence-electron chi connectivity index (χ3n) is 9.37. The summed E-state index contributed by atoms with van der Waals surface area (Å²) in [7, 11) is 2.06. The van der Waals surface area contributed by atoms with Crippen molar-refractivity contribution in [1.29, 1.82) is 0 Å². The molecule has 2 bridgehead atoms. The summed E-state index contributed by atoms with van der Waals surface area (Å²) in [5.41, 5.74) is 2.23. The van der Waals surface area contributed by atoms with E-state index in [2.05, 4.69) is 17.3 Å². The number of likely N-dealkylation sites (N-methyl/N-ethyl adjacent to an activating group) is 1. The fourth-order valence-corrected chi connectivity index (χ4v) is 7.62. The molecule has 2 saturated heterocycles. The van der Waals surface area contributed by atoms with Gasteiger partial charge in [-0.25, -0.2) is 19.1 Å². The minimum Gasteiger partial charge on any atom is -0.478 e. The van der Waals surface area contributed by atoms with Gasteiger partial charge in [0.1, 0.15) is 11.7 Å². The Hall–Kier alpha value is -3.03. The molecule has 3 aliphatic heterocycles. The maximum atomic E-state index is 14.4. The Balaban J connectivity index is 1.35. The van der Waals surface area contributed by atoms with Crippen molar-refractivity contribution in [3.8, 4) is 0 Å². The van der Waals surface area contributed by atoms with Crippen LogP contribution in [-0.2, 0) is 4.79 Å². The number of nitrogens with one attached hydrogen (secondary N) is 1. The molecule has 4 aliphatic rings. The molecule has 0 spiro atoms. The van der Waals surface area contributed by atoms with E-state index in [4.69, 9.17) is 4.99 Å². The Morgan fingerprint density at radius 3 is 2.43 bits per heavy atom. The predicted molar refractivity (Wildman–Crippen MR) is 146 cm³/mol. The van der Waals surface area contributed by atoms with Crippen LogP contribution >= 0.6 is 0 Å². The van der Waals surface area contributed by atoms with Gasteiger partial charge in [-0.05, 0) is 43.9 Å². The zero-order valence-corrected chi connectivity index (χ0v) is 21.6. The first kappa shape index (κ1) is 24.3. The number of nitrogens with zero attached hydrogens (tertiary/aromatic N) is 3. The van der Waals surface area contributed by atoms with Gasteiger partial charge in [0.25, 0.3) is 0 Å². The number of aromatic carboxylic acids is 1. The summed E-state index contributed by atoms with van der Waals surface area (Å²) in [5.74, 6) is -0.906. The summed E-state index contributed by atoms with van der Waals surface area (Å²) in [6.45, 7) is 0. The minimum atomic E-state index is -1.03. The van der Waals surface area contributed by atoms with Crippen molar-refractivity contribution in [2.75, 3.05) is 12.4 Å². The van der Waals surface area contributed by atoms with Gasteiger partial charge in [0, 0.05) is 24.6 Å². The number of hydrogen-bond acceptors (Lipinski definition) is 5. The van der Waals surface area contributed by atoms with Gasteiger partial charge < -0.3 is 10.4 Å². The number of rotatable bonds is 4. The Morgan fingerprint density at radius 2 is 1.65 bits per heavy atom. The van der Waals surface area contributed by atoms with Crippen LogP contribution in [0, 0.1) is 0 Å². The molecule has 6 rings (SSSR count). The van der Waals surface area contributed by atoms with Gasteiger partial charge in [0.15, 0.2) is 5.69 Å². The smallest absolute Gasteiger partial charge is 0.386 e. The molecule has 2 N–H and O–H groups in total. The molecule has 7 heteroatoms. The van der Waals surface area contributed by atoms with Gasteiger partial charge in [0.2, 0.25) is 5.84 Å². The second kappa shape index (κ2) is 9.69. The first-order chi connectivity index (χ1) is 18.0. The van der Waals surface area contributed by atoms with E-state index in [1.54, 1.807) is 24.3 Å². The average molecular weight is 502 g/mol. The number of para-hydroxylation sites is 3. The number of benzene rings is 2. The second-order valence-electron chi connectivity index (χ2n) is 11.4. The van der Waals surface area contributed by atoms with Crippen LogP contribution < -0.4 is 9.80 Å². The lowest BCUT2D eigenvalue weighted by Crippen LogP contribution is -2.65. The van der Waals surface area contributed by atoms with Crippen LogP contribution in [-0.4, -0.2) is 58.9 Å². The summed E-state index contributed by atoms with van der Waals surface area (Å²) in [4.78, 5) is 33.7. The zero-order chi connectivity index (χ0) is 25.6. The molecule has 1 saturated carbocycles. The standard InChI is InChI=1S/C30H36N4O3/c1-34(27-19-21-17-18-25(27)33(21)20-11-5-3-2-4-6-12-20)26-16-10-9-15-24(26)32-28(29(34)35)31-23-14-8-7-13-22(23)30(36)37/h7-10,13-16,20-21,25,27H,2-6,11-12,17-19H2,1H3,(H-,31,32,36,37)/p+1/t21-,25?,27+,34?/m0/s1. The van der Waals surface area contributed by atoms with Crippen LogP contribution in [0.4, 0.5) is 17.1 Å². The SMILES string of the molecule is C[N+]1([C@@H]2C[C@@H]3CCC2N3C2CCCCCCC2)C(=O)C(Nc2ccccc2C(=O)O)=Nc2ccccc21. The predicted octanol–water partition coefficient (Wildman–Crippen LogP) is 5.72. The fraction of sp³-hybridized carbons (Fsp3) is 0.500. The number of amidine groups is 1. The Bertz CT molecular complexity index is 1230. The highest BCUT2D eigenvalue weighted by Gasteiger charge is 2.60. The number of amides is 1. The van der Waals surface area contributed by atoms with Crippen molar-refractivity contribution in [2.45, 2.75) is 88.4 Å². The van der Waals surface area contributed by atoms with Crippen LogP contribution in [0.15, 0.2) is 53.5 Å². The molecule has 1 amide bonds. The maximum absolute atomic E-state index is 14.4. The molecule has 2 aromatic rings. The molecule has 2 aromatic carbocycles. The summed E-state index contributed by atoms with van der Waals surface area (Å²) in [5, 5.41) is 12.8. The van der Waals surface area contributed by atoms with Crippen molar-refractivity contribution in [3.05, 3.63) is 54.1 Å². The monoisotopic (exact) mass is 501 g/mol. The van der Waals surface area contributed by atoms with Crippen LogP contribution in [0.1, 0.15) is 74.6 Å². The first-order valence-corrected chi connectivity index (χ1v) is 13.9. The number of carbonyl (C=O) groups is 2. The molecule has 1 aliphatic carbocycles. The molecule has 0 aromatic heterocycles. The van der Waals surface area contributed by atoms with E-state index >= 15 is 0 Å². The molecular weight excluding hydrogens is 464 g/mol. The number of aliphatic imine (C=N–C) groups is 1. The van der Waals surface area contributed by atoms with Gasteiger partial charge in [-0.3, -0.25) is 4.90 Å². The second-order valence-corrected chi connectivity index (χ2v) is 11.4. The van der Waals surface area contributed by atoms with E-state index in [1.807, 2.05) is 24.3 Å². The minimum absolute atomic E-state index is 0.0888. The molecule has 3 fully saturated rings. The number of anilines is 1. The van der Waals surface area contributed by atoms with E-state index in [9.17, 15) is 14.7 Å². The van der Waals surface area contributed by atoms with Crippen molar-refractivity contribution in [3.63, 3.8) is 0 Å². The topological polar surface area (TPSA) is 82.0 Å². The molecular formula is C30H37N4O3+. The molecule has 194 valence electrons. The maximum Gasteiger partial charge on any atom is 0.386 e. The lowest BCUT2D eigenvalue weighted by atomic mass is 9.90. The molecule has 2 unspecified atom stereocenters. The summed E-state index contributed by atoms with van der Waals surface area (Å²) >= 11 is 0. The highest BCUT2D eigenvalue weighted by Crippen LogP contribution is 2.49. The van der Waals surface area contributed by atoms with Gasteiger partial charge in [-0.2, -0.15) is 0 Å². The Kier molecular flexibility index (Phi) is 6.37. The summed E-state index contributed by atoms with van der Waals surface area (Å²) in [6.07, 6.45) is 12.6. The summed E-state index contributed by atoms with van der Waals surface area (Å²) < 4.78 is 0.182. The molecule has 3 heterocycles. The van der Waals surface area contributed by atoms with E-state index in [-0.39, 0.29) is 27.8 Å². The average Bonchev–Trinajstić information content (AvgIpc) is 3.46. The molecule has 37 heavy (non-hydrogen) atoms. The zero-order valence-electron chi connectivity index (χ0n) is 21.6. The van der Waals surface area contributed by atoms with Gasteiger partial charge in [0.05, 0.1) is 24.3 Å². The molecule has 7 nitrogen and oxygen atoms in total. The van der Waals surface area contributed by atoms with Gasteiger partial charge >= 0.3 is 11.9 Å². The number of carboxylic acid groups (broad SMARTS) is 1. The summed E-state index contributed by atoms with van der Waals surface area (Å²) in [6, 6.07) is 16.3. The van der Waals surface area contributed by atoms with Crippen LogP contribution in [0.25, 0.3) is 0 Å². The highest BCUT2D eigenvalue weighted by atomic mass is 16.4. The molecule has 4 atom stereocenters. The van der Waals surface area contributed by atoms with Crippen molar-refractivity contribution < 1.29 is 14.7 Å².